The van der Waals surface area contributed by atoms with E-state index in [1.807, 2.05) is 0 Å². The second-order valence-corrected chi connectivity index (χ2v) is 0.250. The Hall–Kier alpha value is 1.30. The van der Waals surface area contributed by atoms with Crippen LogP contribution in [0.4, 0.5) is 0 Å². The van der Waals surface area contributed by atoms with Gasteiger partial charge in [-0.2, -0.15) is 0 Å². The summed E-state index contributed by atoms with van der Waals surface area (Å²) < 4.78 is 16.8. The fourth-order valence-electron chi connectivity index (χ4n) is 0. The third-order valence-electron chi connectivity index (χ3n) is 0. The number of hydrogen-bond acceptors (Lipinski definition) is 2. The molecule has 0 fully saturated rings. The number of rotatable bonds is 0. The summed E-state index contributed by atoms with van der Waals surface area (Å²) in [6, 6.07) is 0. The summed E-state index contributed by atoms with van der Waals surface area (Å²) in [5, 5.41) is 0. The van der Waals surface area contributed by atoms with E-state index in [0.29, 0.717) is 0 Å². The van der Waals surface area contributed by atoms with Gasteiger partial charge in [-0.25, -0.2) is 0 Å². The normalized spacial score (nSPS) is 2.00. The fourth-order valence-corrected chi connectivity index (χ4v) is 0. The Kier molecular flexibility index (Phi) is 19.9. The molecule has 0 saturated carbocycles. The molecule has 0 rings (SSSR count). The van der Waals surface area contributed by atoms with Gasteiger partial charge in [0.25, 0.3) is 0 Å². The zero-order valence-corrected chi connectivity index (χ0v) is 6.50. The van der Waals surface area contributed by atoms with Gasteiger partial charge in [0.15, 0.2) is 0 Å². The van der Waals surface area contributed by atoms with Crippen molar-refractivity contribution in [3.63, 3.8) is 0 Å². The van der Waals surface area contributed by atoms with E-state index in [0.717, 1.165) is 0 Å². The summed E-state index contributed by atoms with van der Waals surface area (Å²) in [5.74, 6) is 0. The van der Waals surface area contributed by atoms with Gasteiger partial charge in [-0.15, -0.1) is 0 Å². The van der Waals surface area contributed by atoms with Crippen molar-refractivity contribution in [2.24, 2.45) is 0 Å². The molecule has 0 aliphatic carbocycles. The second kappa shape index (κ2) is 8.85. The average Bonchev–Trinajstić information content (AvgIpc) is 0.918. The monoisotopic (exact) mass is 148 g/mol. The summed E-state index contributed by atoms with van der Waals surface area (Å²) in [6.07, 6.45) is 0. The van der Waals surface area contributed by atoms with Crippen molar-refractivity contribution >= 4 is 54.8 Å². The van der Waals surface area contributed by atoms with Gasteiger partial charge in [0.1, 0.15) is 0 Å². The third kappa shape index (κ3) is 10.3. The summed E-state index contributed by atoms with van der Waals surface area (Å²) in [6.45, 7) is 0. The molecule has 0 aromatic carbocycles. The first-order valence-electron chi connectivity index (χ1n) is 0.408. The molecule has 4 heavy (non-hydrogen) atoms. The quantitative estimate of drug-likeness (QED) is 0.412. The molecular weight excluding hydrogens is 148 g/mol. The Bertz CT molecular complexity index is 27.0. The van der Waals surface area contributed by atoms with Gasteiger partial charge in [0.2, 0.25) is 0 Å². The molecule has 4 heteroatoms. The molecule has 0 aliphatic rings. The zero-order valence-electron chi connectivity index (χ0n) is 2.02. The van der Waals surface area contributed by atoms with Crippen LogP contribution in [0.25, 0.3) is 0 Å². The van der Waals surface area contributed by atoms with Crippen LogP contribution in [-0.2, 0) is 8.92 Å². The Morgan fingerprint density at radius 3 is 1.25 bits per heavy atom. The van der Waals surface area contributed by atoms with E-state index in [1.54, 1.807) is 0 Å². The predicted octanol–water partition coefficient (Wildman–Crippen LogP) is -0.999. The van der Waals surface area contributed by atoms with Gasteiger partial charge >= 0.3 is 9.29 Å². The number of hydrogen-bond donors (Lipinski definition) is 0. The molecule has 0 bridgehead atoms. The second-order valence-electron chi connectivity index (χ2n) is 0.0833. The molecule has 18 valence electrons. The topological polar surface area (TPSA) is 34.1 Å². The van der Waals surface area contributed by atoms with E-state index in [2.05, 4.69) is 0 Å². The van der Waals surface area contributed by atoms with Crippen LogP contribution in [0.5, 0.6) is 0 Å². The Morgan fingerprint density at radius 1 is 1.25 bits per heavy atom. The van der Waals surface area contributed by atoms with Crippen molar-refractivity contribution in [1.29, 1.82) is 0 Å². The van der Waals surface area contributed by atoms with E-state index in [4.69, 9.17) is 8.92 Å². The van der Waals surface area contributed by atoms with E-state index in [9.17, 15) is 0 Å². The van der Waals surface area contributed by atoms with Crippen LogP contribution in [0, 0.1) is 0 Å². The average molecular weight is 148 g/mol. The van der Waals surface area contributed by atoms with Crippen molar-refractivity contribution in [3.8, 4) is 0 Å². The zero-order chi connectivity index (χ0) is 2.71. The molecule has 0 unspecified atom stereocenters. The van der Waals surface area contributed by atoms with Gasteiger partial charge in [-0.1, -0.05) is 0 Å². The van der Waals surface area contributed by atoms with Crippen LogP contribution in [-0.4, -0.2) is 54.8 Å². The van der Waals surface area contributed by atoms with E-state index < -0.39 is 9.29 Å². The van der Waals surface area contributed by atoms with E-state index in [1.165, 1.54) is 0 Å². The van der Waals surface area contributed by atoms with Gasteiger partial charge in [-0.3, -0.25) is 8.92 Å². The Balaban J connectivity index is 0. The molecular formula is O2SiSr. The molecule has 0 N–H and O–H groups in total. The summed E-state index contributed by atoms with van der Waals surface area (Å²) >= 11 is 0. The summed E-state index contributed by atoms with van der Waals surface area (Å²) in [7, 11) is -1.42. The first kappa shape index (κ1) is 9.00. The maximum atomic E-state index is 8.40. The van der Waals surface area contributed by atoms with Crippen LogP contribution in [0.3, 0.4) is 0 Å². The largest absolute Gasteiger partial charge is 0.549 e. The van der Waals surface area contributed by atoms with Gasteiger partial charge in [-0.05, 0) is 0 Å². The molecule has 0 amide bonds. The standard InChI is InChI=1S/O2Si.Sr/c1-3-2;. The van der Waals surface area contributed by atoms with Crippen LogP contribution in [0.2, 0.25) is 0 Å². The fraction of sp³-hybridized carbons (Fsp3) is 0. The molecule has 0 atom stereocenters. The van der Waals surface area contributed by atoms with Crippen molar-refractivity contribution in [2.75, 3.05) is 0 Å². The molecule has 0 aromatic heterocycles. The van der Waals surface area contributed by atoms with Crippen LogP contribution >= 0.6 is 0 Å². The predicted molar refractivity (Wildman–Crippen MR) is 12.9 cm³/mol. The molecule has 0 spiro atoms. The van der Waals surface area contributed by atoms with Gasteiger partial charge < -0.3 is 0 Å². The smallest absolute Gasteiger partial charge is 0.274 e. The van der Waals surface area contributed by atoms with Crippen LogP contribution < -0.4 is 0 Å². The van der Waals surface area contributed by atoms with Crippen molar-refractivity contribution < 1.29 is 8.92 Å². The SMILES string of the molecule is O=[Si]=O.[Sr]. The van der Waals surface area contributed by atoms with Crippen molar-refractivity contribution in [2.45, 2.75) is 0 Å². The van der Waals surface area contributed by atoms with Crippen LogP contribution in [0.15, 0.2) is 0 Å². The molecule has 0 heterocycles. The third-order valence-corrected chi connectivity index (χ3v) is 0. The van der Waals surface area contributed by atoms with Crippen LogP contribution in [0.1, 0.15) is 0 Å². The summed E-state index contributed by atoms with van der Waals surface area (Å²) in [4.78, 5) is 0. The minimum atomic E-state index is -1.42. The van der Waals surface area contributed by atoms with Gasteiger partial charge in [0, 0.05) is 45.5 Å². The maximum absolute atomic E-state index is 8.40. The minimum Gasteiger partial charge on any atom is -0.274 e. The van der Waals surface area contributed by atoms with Gasteiger partial charge in [0.05, 0.1) is 0 Å². The first-order valence-corrected chi connectivity index (χ1v) is 1.22. The van der Waals surface area contributed by atoms with Crippen molar-refractivity contribution in [1.82, 2.24) is 0 Å². The Labute approximate surface area is 62.8 Å². The molecule has 0 aromatic rings. The molecule has 2 nitrogen and oxygen atoms in total. The van der Waals surface area contributed by atoms with Crippen molar-refractivity contribution in [3.05, 3.63) is 0 Å². The maximum Gasteiger partial charge on any atom is 0.549 e. The minimum absolute atomic E-state index is 0. The molecule has 0 aliphatic heterocycles. The molecule has 0 saturated heterocycles. The molecule has 2 radical (unpaired) electrons. The summed E-state index contributed by atoms with van der Waals surface area (Å²) in [5.41, 5.74) is 0. The first-order chi connectivity index (χ1) is 1.41. The van der Waals surface area contributed by atoms with E-state index >= 15 is 0 Å². The Morgan fingerprint density at radius 2 is 1.25 bits per heavy atom. The van der Waals surface area contributed by atoms with E-state index in [-0.39, 0.29) is 45.5 Å².